The van der Waals surface area contributed by atoms with E-state index in [2.05, 4.69) is 9.97 Å². The van der Waals surface area contributed by atoms with Gasteiger partial charge in [-0.2, -0.15) is 4.98 Å². The third-order valence-electron chi connectivity index (χ3n) is 4.05. The summed E-state index contributed by atoms with van der Waals surface area (Å²) in [6, 6.07) is 1.36. The zero-order chi connectivity index (χ0) is 17.6. The number of nitrogen functional groups attached to an aromatic ring is 1. The lowest BCUT2D eigenvalue weighted by atomic mass is 10.0. The number of nitrogens with two attached hydrogens (primary N) is 1. The number of hydrogen-bond donors (Lipinski definition) is 6. The fourth-order valence-electron chi connectivity index (χ4n) is 2.75. The molecular weight excluding hydrogens is 327 g/mol. The van der Waals surface area contributed by atoms with Crippen LogP contribution < -0.4 is 11.3 Å². The predicted molar refractivity (Wildman–Crippen MR) is 78.7 cm³/mol. The van der Waals surface area contributed by atoms with Crippen molar-refractivity contribution in [1.82, 2.24) is 14.5 Å². The first-order valence-corrected chi connectivity index (χ1v) is 7.16. The maximum Gasteiger partial charge on any atom is 0.261 e. The largest absolute Gasteiger partial charge is 0.394 e. The first-order valence-electron chi connectivity index (χ1n) is 7.16. The van der Waals surface area contributed by atoms with E-state index in [0.29, 0.717) is 0 Å². The lowest BCUT2D eigenvalue weighted by Gasteiger charge is -2.25. The SMILES string of the molecule is Nc1nc2c(ccn2[C@@H]2O[C@H](CO)[C@@H](O)[C@H](O)[C@@H](O)[C@@H]2F)c(=O)[nH]1. The van der Waals surface area contributed by atoms with Gasteiger partial charge < -0.3 is 35.5 Å². The molecule has 10 nitrogen and oxygen atoms in total. The van der Waals surface area contributed by atoms with E-state index >= 15 is 0 Å². The van der Waals surface area contributed by atoms with E-state index in [-0.39, 0.29) is 17.0 Å². The molecule has 1 aliphatic heterocycles. The summed E-state index contributed by atoms with van der Waals surface area (Å²) in [5.74, 6) is -0.198. The zero-order valence-corrected chi connectivity index (χ0v) is 12.3. The third kappa shape index (κ3) is 2.56. The van der Waals surface area contributed by atoms with Crippen LogP contribution in [0.4, 0.5) is 10.3 Å². The van der Waals surface area contributed by atoms with Gasteiger partial charge in [-0.05, 0) is 6.07 Å². The second-order valence-corrected chi connectivity index (χ2v) is 5.58. The van der Waals surface area contributed by atoms with Gasteiger partial charge in [0.25, 0.3) is 5.56 Å². The molecule has 0 spiro atoms. The Morgan fingerprint density at radius 1 is 1.33 bits per heavy atom. The van der Waals surface area contributed by atoms with Crippen molar-refractivity contribution >= 4 is 17.0 Å². The summed E-state index contributed by atoms with van der Waals surface area (Å²) in [6.07, 6.45) is -9.29. The minimum atomic E-state index is -2.16. The van der Waals surface area contributed by atoms with Crippen molar-refractivity contribution in [1.29, 1.82) is 0 Å². The number of aliphatic hydroxyl groups excluding tert-OH is 4. The minimum Gasteiger partial charge on any atom is -0.394 e. The lowest BCUT2D eigenvalue weighted by molar-refractivity contribution is -0.137. The molecule has 0 saturated carbocycles. The number of H-pyrrole nitrogens is 1. The lowest BCUT2D eigenvalue weighted by Crippen LogP contribution is -2.46. The topological polar surface area (TPSA) is 167 Å². The number of rotatable bonds is 2. The number of ether oxygens (including phenoxy) is 1. The molecule has 24 heavy (non-hydrogen) atoms. The van der Waals surface area contributed by atoms with Crippen molar-refractivity contribution < 1.29 is 29.6 Å². The second kappa shape index (κ2) is 6.11. The average Bonchev–Trinajstić information content (AvgIpc) is 2.94. The number of halogens is 1. The Bertz CT molecular complexity index is 792. The molecule has 0 aliphatic carbocycles. The van der Waals surface area contributed by atoms with E-state index in [1.54, 1.807) is 0 Å². The van der Waals surface area contributed by atoms with Gasteiger partial charge in [0.05, 0.1) is 12.0 Å². The molecular formula is C13H17FN4O6. The summed E-state index contributed by atoms with van der Waals surface area (Å²) in [4.78, 5) is 18.1. The van der Waals surface area contributed by atoms with Crippen LogP contribution in [0.2, 0.25) is 0 Å². The molecule has 0 bridgehead atoms. The highest BCUT2D eigenvalue weighted by molar-refractivity contribution is 5.76. The Labute approximate surface area is 133 Å². The van der Waals surface area contributed by atoms with Gasteiger partial charge in [-0.15, -0.1) is 0 Å². The number of nitrogens with zero attached hydrogens (tertiary/aromatic N) is 2. The summed E-state index contributed by atoms with van der Waals surface area (Å²) in [5.41, 5.74) is 4.95. The quantitative estimate of drug-likeness (QED) is 0.351. The number of fused-ring (bicyclic) bond motifs is 1. The Kier molecular flexibility index (Phi) is 4.27. The van der Waals surface area contributed by atoms with Crippen molar-refractivity contribution in [3.8, 4) is 0 Å². The van der Waals surface area contributed by atoms with Crippen LogP contribution in [0.3, 0.4) is 0 Å². The number of nitrogens with one attached hydrogen (secondary N) is 1. The van der Waals surface area contributed by atoms with E-state index in [4.69, 9.17) is 10.5 Å². The van der Waals surface area contributed by atoms with Crippen molar-refractivity contribution in [2.24, 2.45) is 0 Å². The van der Waals surface area contributed by atoms with Gasteiger partial charge >= 0.3 is 0 Å². The predicted octanol–water partition coefficient (Wildman–Crippen LogP) is -2.38. The van der Waals surface area contributed by atoms with Crippen LogP contribution in [0.15, 0.2) is 17.1 Å². The van der Waals surface area contributed by atoms with E-state index in [9.17, 15) is 29.6 Å². The first-order chi connectivity index (χ1) is 11.3. The van der Waals surface area contributed by atoms with Crippen LogP contribution in [0, 0.1) is 0 Å². The second-order valence-electron chi connectivity index (χ2n) is 5.58. The van der Waals surface area contributed by atoms with Crippen molar-refractivity contribution in [2.45, 2.75) is 36.8 Å². The summed E-state index contributed by atoms with van der Waals surface area (Å²) in [5, 5.41) is 38.9. The maximum absolute atomic E-state index is 14.6. The smallest absolute Gasteiger partial charge is 0.261 e. The number of alkyl halides is 1. The Morgan fingerprint density at radius 3 is 2.71 bits per heavy atom. The molecule has 3 rings (SSSR count). The van der Waals surface area contributed by atoms with Crippen LogP contribution in [0.1, 0.15) is 6.23 Å². The van der Waals surface area contributed by atoms with E-state index in [1.165, 1.54) is 12.3 Å². The van der Waals surface area contributed by atoms with Crippen molar-refractivity contribution in [3.63, 3.8) is 0 Å². The van der Waals surface area contributed by atoms with Gasteiger partial charge in [-0.3, -0.25) is 9.78 Å². The molecule has 1 fully saturated rings. The van der Waals surface area contributed by atoms with Crippen LogP contribution in [0.25, 0.3) is 11.0 Å². The number of aromatic amines is 1. The summed E-state index contributed by atoms with van der Waals surface area (Å²) >= 11 is 0. The van der Waals surface area contributed by atoms with Crippen LogP contribution in [0.5, 0.6) is 0 Å². The normalized spacial score (nSPS) is 34.4. The van der Waals surface area contributed by atoms with E-state index in [1.807, 2.05) is 0 Å². The van der Waals surface area contributed by atoms with E-state index < -0.39 is 49.0 Å². The molecule has 3 heterocycles. The van der Waals surface area contributed by atoms with Gasteiger partial charge in [0, 0.05) is 6.20 Å². The molecule has 0 radical (unpaired) electrons. The Hall–Kier alpha value is -2.05. The highest BCUT2D eigenvalue weighted by atomic mass is 19.1. The molecule has 11 heteroatoms. The molecule has 1 saturated heterocycles. The van der Waals surface area contributed by atoms with Crippen LogP contribution >= 0.6 is 0 Å². The van der Waals surface area contributed by atoms with Gasteiger partial charge in [-0.1, -0.05) is 0 Å². The molecule has 7 N–H and O–H groups in total. The Morgan fingerprint density at radius 2 is 2.04 bits per heavy atom. The zero-order valence-electron chi connectivity index (χ0n) is 12.3. The Balaban J connectivity index is 2.11. The number of aromatic nitrogens is 3. The summed E-state index contributed by atoms with van der Waals surface area (Å²) in [7, 11) is 0. The van der Waals surface area contributed by atoms with Gasteiger partial charge in [-0.25, -0.2) is 4.39 Å². The molecule has 2 aromatic rings. The summed E-state index contributed by atoms with van der Waals surface area (Å²) in [6.45, 7) is -0.719. The van der Waals surface area contributed by atoms with Crippen LogP contribution in [-0.2, 0) is 4.74 Å². The standard InChI is InChI=1S/C13H17FN4O6/c14-6-8(21)9(22)7(20)5(3-19)24-12(6)18-2-1-4-10(18)16-13(15)17-11(4)23/h1-2,5-9,12,19-22H,3H2,(H3,15,16,17,23)/t5-,6+,7-,8+,9+,12-/m1/s1. The molecule has 6 atom stereocenters. The van der Waals surface area contributed by atoms with Gasteiger partial charge in [0.1, 0.15) is 24.4 Å². The minimum absolute atomic E-state index is 0.00123. The monoisotopic (exact) mass is 344 g/mol. The third-order valence-corrected chi connectivity index (χ3v) is 4.05. The van der Waals surface area contributed by atoms with Crippen LogP contribution in [-0.4, -0.2) is 72.2 Å². The maximum atomic E-state index is 14.6. The van der Waals surface area contributed by atoms with E-state index in [0.717, 1.165) is 4.57 Å². The summed E-state index contributed by atoms with van der Waals surface area (Å²) < 4.78 is 21.1. The first kappa shape index (κ1) is 16.8. The number of hydrogen-bond acceptors (Lipinski definition) is 8. The number of aliphatic hydroxyl groups is 4. The molecule has 1 aliphatic rings. The molecule has 0 amide bonds. The molecule has 0 unspecified atom stereocenters. The average molecular weight is 344 g/mol. The number of anilines is 1. The van der Waals surface area contributed by atoms with Crippen molar-refractivity contribution in [3.05, 3.63) is 22.6 Å². The van der Waals surface area contributed by atoms with Gasteiger partial charge in [0.15, 0.2) is 18.0 Å². The molecule has 0 aromatic carbocycles. The highest BCUT2D eigenvalue weighted by Crippen LogP contribution is 2.31. The fourth-order valence-corrected chi connectivity index (χ4v) is 2.75. The molecule has 132 valence electrons. The highest BCUT2D eigenvalue weighted by Gasteiger charge is 2.46. The molecule has 2 aromatic heterocycles. The fraction of sp³-hybridized carbons (Fsp3) is 0.538. The van der Waals surface area contributed by atoms with Gasteiger partial charge in [0.2, 0.25) is 5.95 Å². The van der Waals surface area contributed by atoms with Crippen molar-refractivity contribution in [2.75, 3.05) is 12.3 Å².